The molecule has 3 amide bonds. The van der Waals surface area contributed by atoms with Crippen LogP contribution in [-0.4, -0.2) is 65.2 Å². The molecule has 4 rings (SSSR count). The lowest BCUT2D eigenvalue weighted by atomic mass is 9.85. The van der Waals surface area contributed by atoms with E-state index < -0.39 is 79.0 Å². The summed E-state index contributed by atoms with van der Waals surface area (Å²) in [6.45, 7) is -2.05. The number of oxime groups is 1. The van der Waals surface area contributed by atoms with Gasteiger partial charge >= 0.3 is 18.5 Å². The third-order valence-corrected chi connectivity index (χ3v) is 6.51. The highest BCUT2D eigenvalue weighted by atomic mass is 19.4. The van der Waals surface area contributed by atoms with Crippen LogP contribution in [0, 0.1) is 6.92 Å². The summed E-state index contributed by atoms with van der Waals surface area (Å²) < 4.78 is 120. The van der Waals surface area contributed by atoms with E-state index in [1.165, 1.54) is 19.1 Å². The number of carbonyl (C=O) groups is 3. The second-order valence-electron chi connectivity index (χ2n) is 9.39. The highest BCUT2D eigenvalue weighted by Crippen LogP contribution is 2.49. The lowest BCUT2D eigenvalue weighted by molar-refractivity contribution is -0.276. The Kier molecular flexibility index (Phi) is 7.33. The minimum Gasteiger partial charge on any atom is -0.374 e. The Morgan fingerprint density at radius 3 is 2.12 bits per heavy atom. The van der Waals surface area contributed by atoms with Crippen LogP contribution >= 0.6 is 0 Å². The van der Waals surface area contributed by atoms with Gasteiger partial charge in [0.05, 0.1) is 11.3 Å². The molecule has 2 aliphatic rings. The van der Waals surface area contributed by atoms with Gasteiger partial charge in [0.25, 0.3) is 11.5 Å². The van der Waals surface area contributed by atoms with Gasteiger partial charge in [-0.05, 0) is 42.3 Å². The minimum absolute atomic E-state index is 0.00468. The normalized spacial score (nSPS) is 20.3. The van der Waals surface area contributed by atoms with Crippen molar-refractivity contribution in [3.63, 3.8) is 0 Å². The third-order valence-electron chi connectivity index (χ3n) is 6.51. The van der Waals surface area contributed by atoms with E-state index in [1.54, 1.807) is 0 Å². The van der Waals surface area contributed by atoms with Crippen molar-refractivity contribution in [2.75, 3.05) is 19.6 Å². The van der Waals surface area contributed by atoms with Crippen LogP contribution in [0.1, 0.15) is 39.0 Å². The molecular formula is C25H18F9N3O4. The molecule has 16 heteroatoms. The molecule has 2 heterocycles. The molecule has 41 heavy (non-hydrogen) atoms. The molecular weight excluding hydrogens is 577 g/mol. The van der Waals surface area contributed by atoms with E-state index in [9.17, 15) is 53.9 Å². The number of halogens is 9. The lowest BCUT2D eigenvalue weighted by Gasteiger charge is -2.33. The van der Waals surface area contributed by atoms with Gasteiger partial charge in [-0.3, -0.25) is 19.3 Å². The average molecular weight is 595 g/mol. The summed E-state index contributed by atoms with van der Waals surface area (Å²) in [6, 6.07) is 6.19. The van der Waals surface area contributed by atoms with E-state index in [-0.39, 0.29) is 27.3 Å². The molecule has 220 valence electrons. The molecule has 1 saturated heterocycles. The number of alkyl halides is 9. The van der Waals surface area contributed by atoms with Crippen molar-refractivity contribution in [1.82, 2.24) is 9.80 Å². The zero-order chi connectivity index (χ0) is 30.5. The largest absolute Gasteiger partial charge is 0.435 e. The molecule has 1 atom stereocenters. The molecule has 2 aliphatic heterocycles. The number of benzene rings is 2. The van der Waals surface area contributed by atoms with Crippen molar-refractivity contribution in [3.8, 4) is 0 Å². The monoisotopic (exact) mass is 595 g/mol. The first-order valence-electron chi connectivity index (χ1n) is 11.6. The molecule has 0 aliphatic carbocycles. The van der Waals surface area contributed by atoms with Crippen molar-refractivity contribution in [2.45, 2.75) is 37.5 Å². The maximum atomic E-state index is 14.2. The van der Waals surface area contributed by atoms with E-state index in [4.69, 9.17) is 4.84 Å². The Morgan fingerprint density at radius 2 is 1.59 bits per heavy atom. The van der Waals surface area contributed by atoms with Gasteiger partial charge in [0.2, 0.25) is 11.8 Å². The van der Waals surface area contributed by atoms with Crippen LogP contribution in [0.4, 0.5) is 39.5 Å². The van der Waals surface area contributed by atoms with E-state index in [0.29, 0.717) is 12.1 Å². The van der Waals surface area contributed by atoms with Crippen LogP contribution < -0.4 is 0 Å². The fourth-order valence-corrected chi connectivity index (χ4v) is 4.45. The topological polar surface area (TPSA) is 79.3 Å². The van der Waals surface area contributed by atoms with Crippen molar-refractivity contribution in [2.24, 2.45) is 5.16 Å². The number of piperazine rings is 1. The highest BCUT2D eigenvalue weighted by molar-refractivity contribution is 6.07. The zero-order valence-corrected chi connectivity index (χ0v) is 20.7. The van der Waals surface area contributed by atoms with Crippen LogP contribution in [0.5, 0.6) is 0 Å². The minimum atomic E-state index is -5.18. The van der Waals surface area contributed by atoms with Crippen LogP contribution in [-0.2, 0) is 26.2 Å². The first-order valence-corrected chi connectivity index (χ1v) is 11.6. The maximum Gasteiger partial charge on any atom is 0.435 e. The van der Waals surface area contributed by atoms with E-state index in [2.05, 4.69) is 5.16 Å². The standard InChI is InChI=1S/C25H18F9N3O4/c1-13-7-14(5-6-17(13)21(40)36-10-19(38)37(20(39)11-36)12-23(26,27)28)18-9-22(41-35-18,25(32,33)34)15-3-2-4-16(8-15)24(29,30)31/h2-8H,9-12H2,1H3. The Morgan fingerprint density at radius 1 is 0.951 bits per heavy atom. The molecule has 0 bridgehead atoms. The third kappa shape index (κ3) is 5.86. The molecule has 1 fully saturated rings. The summed E-state index contributed by atoms with van der Waals surface area (Å²) in [7, 11) is 0. The summed E-state index contributed by atoms with van der Waals surface area (Å²) >= 11 is 0. The molecule has 0 aromatic heterocycles. The zero-order valence-electron chi connectivity index (χ0n) is 20.7. The number of nitrogens with zero attached hydrogens (tertiary/aromatic N) is 3. The summed E-state index contributed by atoms with van der Waals surface area (Å²) in [5.74, 6) is -3.37. The smallest absolute Gasteiger partial charge is 0.374 e. The van der Waals surface area contributed by atoms with Crippen molar-refractivity contribution in [1.29, 1.82) is 0 Å². The van der Waals surface area contributed by atoms with Gasteiger partial charge in [0, 0.05) is 17.5 Å². The van der Waals surface area contributed by atoms with Crippen molar-refractivity contribution >= 4 is 23.4 Å². The second-order valence-corrected chi connectivity index (χ2v) is 9.39. The van der Waals surface area contributed by atoms with Gasteiger partial charge in [-0.25, -0.2) is 0 Å². The second kappa shape index (κ2) is 10.1. The summed E-state index contributed by atoms with van der Waals surface area (Å²) in [4.78, 5) is 42.7. The van der Waals surface area contributed by atoms with Crippen LogP contribution in [0.15, 0.2) is 47.6 Å². The lowest BCUT2D eigenvalue weighted by Crippen LogP contribution is -2.57. The fraction of sp³-hybridized carbons (Fsp3) is 0.360. The van der Waals surface area contributed by atoms with Gasteiger partial charge in [0.1, 0.15) is 19.6 Å². The molecule has 2 aromatic carbocycles. The fourth-order valence-electron chi connectivity index (χ4n) is 4.45. The molecule has 0 spiro atoms. The first-order chi connectivity index (χ1) is 18.8. The SMILES string of the molecule is Cc1cc(C2=NOC(c3cccc(C(F)(F)F)c3)(C(F)(F)F)C2)ccc1C(=O)N1CC(=O)N(CC(F)(F)F)C(=O)C1. The van der Waals surface area contributed by atoms with E-state index in [0.717, 1.165) is 23.1 Å². The Hall–Kier alpha value is -4.11. The number of imide groups is 1. The average Bonchev–Trinajstić information content (AvgIpc) is 3.32. The Bertz CT molecular complexity index is 1410. The molecule has 0 saturated carbocycles. The summed E-state index contributed by atoms with van der Waals surface area (Å²) in [5.41, 5.74) is -5.54. The number of rotatable bonds is 4. The number of amides is 3. The van der Waals surface area contributed by atoms with E-state index >= 15 is 0 Å². The highest BCUT2D eigenvalue weighted by Gasteiger charge is 2.62. The Labute approximate surface area is 225 Å². The van der Waals surface area contributed by atoms with Gasteiger partial charge in [-0.15, -0.1) is 0 Å². The van der Waals surface area contributed by atoms with Crippen molar-refractivity contribution < 1.29 is 58.7 Å². The molecule has 0 radical (unpaired) electrons. The first kappa shape index (κ1) is 29.9. The van der Waals surface area contributed by atoms with Gasteiger partial charge < -0.3 is 9.74 Å². The molecule has 7 nitrogen and oxygen atoms in total. The molecule has 2 aromatic rings. The number of aryl methyl sites for hydroxylation is 1. The maximum absolute atomic E-state index is 14.2. The summed E-state index contributed by atoms with van der Waals surface area (Å²) in [6.07, 6.45) is -15.9. The Balaban J connectivity index is 1.56. The van der Waals surface area contributed by atoms with Crippen LogP contribution in [0.2, 0.25) is 0 Å². The van der Waals surface area contributed by atoms with E-state index in [1.807, 2.05) is 0 Å². The van der Waals surface area contributed by atoms with Gasteiger partial charge in [-0.1, -0.05) is 23.4 Å². The number of carbonyl (C=O) groups excluding carboxylic acids is 3. The van der Waals surface area contributed by atoms with Gasteiger partial charge in [0.15, 0.2) is 0 Å². The summed E-state index contributed by atoms with van der Waals surface area (Å²) in [5, 5.41) is 3.49. The predicted octanol–water partition coefficient (Wildman–Crippen LogP) is 4.97. The molecule has 0 N–H and O–H groups in total. The molecule has 1 unspecified atom stereocenters. The van der Waals surface area contributed by atoms with Gasteiger partial charge in [-0.2, -0.15) is 39.5 Å². The number of hydrogen-bond acceptors (Lipinski definition) is 5. The van der Waals surface area contributed by atoms with Crippen molar-refractivity contribution in [3.05, 3.63) is 70.3 Å². The number of hydrogen-bond donors (Lipinski definition) is 0. The predicted molar refractivity (Wildman–Crippen MR) is 121 cm³/mol. The quantitative estimate of drug-likeness (QED) is 0.370. The van der Waals surface area contributed by atoms with Crippen LogP contribution in [0.3, 0.4) is 0 Å². The van der Waals surface area contributed by atoms with Crippen LogP contribution in [0.25, 0.3) is 0 Å².